The van der Waals surface area contributed by atoms with Gasteiger partial charge in [0.2, 0.25) is 0 Å². The summed E-state index contributed by atoms with van der Waals surface area (Å²) < 4.78 is 0. The summed E-state index contributed by atoms with van der Waals surface area (Å²) in [7, 11) is 0. The van der Waals surface area contributed by atoms with Gasteiger partial charge < -0.3 is 0 Å². The van der Waals surface area contributed by atoms with Gasteiger partial charge in [0.25, 0.3) is 0 Å². The Kier molecular flexibility index (Phi) is 4.31. The van der Waals surface area contributed by atoms with Gasteiger partial charge in [-0.1, -0.05) is 6.42 Å². The third kappa shape index (κ3) is 3.29. The zero-order valence-electron chi connectivity index (χ0n) is 13.7. The summed E-state index contributed by atoms with van der Waals surface area (Å²) in [5.41, 5.74) is 0.244. The van der Waals surface area contributed by atoms with Crippen LogP contribution in [-0.2, 0) is 0 Å². The smallest absolute Gasteiger partial charge is 0.167 e. The first-order valence-corrected chi connectivity index (χ1v) is 8.44. The SMILES string of the molecule is Cc1nc([C@H]2CCCN2CC(C)(C)N2CCCCC2)n[nH]1. The Morgan fingerprint density at radius 2 is 1.90 bits per heavy atom. The molecule has 1 aromatic heterocycles. The van der Waals surface area contributed by atoms with Crippen molar-refractivity contribution in [2.24, 2.45) is 0 Å². The van der Waals surface area contributed by atoms with Gasteiger partial charge in [-0.05, 0) is 66.1 Å². The normalized spacial score (nSPS) is 25.6. The predicted octanol–water partition coefficient (Wildman–Crippen LogP) is 2.51. The molecule has 0 unspecified atom stereocenters. The molecule has 3 rings (SSSR count). The van der Waals surface area contributed by atoms with Gasteiger partial charge in [-0.25, -0.2) is 4.98 Å². The zero-order valence-corrected chi connectivity index (χ0v) is 13.7. The number of rotatable bonds is 4. The molecule has 2 saturated heterocycles. The third-order valence-electron chi connectivity index (χ3n) is 5.08. The number of nitrogens with zero attached hydrogens (tertiary/aromatic N) is 4. The highest BCUT2D eigenvalue weighted by Gasteiger charge is 2.36. The Morgan fingerprint density at radius 1 is 1.14 bits per heavy atom. The van der Waals surface area contributed by atoms with Crippen LogP contribution in [0.15, 0.2) is 0 Å². The molecule has 118 valence electrons. The van der Waals surface area contributed by atoms with Gasteiger partial charge in [-0.2, -0.15) is 5.10 Å². The topological polar surface area (TPSA) is 48.1 Å². The van der Waals surface area contributed by atoms with Crippen molar-refractivity contribution >= 4 is 0 Å². The molecule has 0 aliphatic carbocycles. The van der Waals surface area contributed by atoms with E-state index in [1.807, 2.05) is 6.92 Å². The van der Waals surface area contributed by atoms with Crippen LogP contribution in [-0.4, -0.2) is 56.7 Å². The van der Waals surface area contributed by atoms with Gasteiger partial charge in [0.15, 0.2) is 5.82 Å². The van der Waals surface area contributed by atoms with Crippen molar-refractivity contribution < 1.29 is 0 Å². The molecule has 1 atom stereocenters. The van der Waals surface area contributed by atoms with E-state index in [1.54, 1.807) is 0 Å². The van der Waals surface area contributed by atoms with Crippen LogP contribution in [0.3, 0.4) is 0 Å². The largest absolute Gasteiger partial charge is 0.297 e. The van der Waals surface area contributed by atoms with Crippen molar-refractivity contribution in [2.75, 3.05) is 26.2 Å². The van der Waals surface area contributed by atoms with Crippen LogP contribution >= 0.6 is 0 Å². The Bertz CT molecular complexity index is 461. The Balaban J connectivity index is 1.67. The molecule has 5 nitrogen and oxygen atoms in total. The summed E-state index contributed by atoms with van der Waals surface area (Å²) in [5, 5.41) is 7.39. The van der Waals surface area contributed by atoms with Gasteiger partial charge >= 0.3 is 0 Å². The van der Waals surface area contributed by atoms with Crippen LogP contribution < -0.4 is 0 Å². The fourth-order valence-corrected chi connectivity index (χ4v) is 3.91. The van der Waals surface area contributed by atoms with Crippen molar-refractivity contribution in [1.82, 2.24) is 25.0 Å². The molecular weight excluding hydrogens is 262 g/mol. The van der Waals surface area contributed by atoms with Crippen LogP contribution in [0.2, 0.25) is 0 Å². The van der Waals surface area contributed by atoms with Gasteiger partial charge in [0.1, 0.15) is 5.82 Å². The second kappa shape index (κ2) is 6.05. The molecule has 1 N–H and O–H groups in total. The Hall–Kier alpha value is -0.940. The lowest BCUT2D eigenvalue weighted by atomic mass is 9.97. The van der Waals surface area contributed by atoms with Crippen LogP contribution in [0.1, 0.15) is 63.6 Å². The van der Waals surface area contributed by atoms with Crippen molar-refractivity contribution in [3.05, 3.63) is 11.6 Å². The number of H-pyrrole nitrogens is 1. The molecule has 1 aromatic rings. The average Bonchev–Trinajstić information content (AvgIpc) is 3.08. The van der Waals surface area contributed by atoms with Crippen molar-refractivity contribution in [3.63, 3.8) is 0 Å². The molecule has 5 heteroatoms. The zero-order chi connectivity index (χ0) is 14.9. The van der Waals surface area contributed by atoms with Crippen LogP contribution in [0.4, 0.5) is 0 Å². The summed E-state index contributed by atoms with van der Waals surface area (Å²) in [5.74, 6) is 1.91. The molecule has 0 amide bonds. The number of nitrogens with one attached hydrogen (secondary N) is 1. The molecule has 2 fully saturated rings. The van der Waals surface area contributed by atoms with E-state index < -0.39 is 0 Å². The minimum Gasteiger partial charge on any atom is -0.297 e. The van der Waals surface area contributed by atoms with Gasteiger partial charge in [-0.3, -0.25) is 14.9 Å². The predicted molar refractivity (Wildman–Crippen MR) is 84.2 cm³/mol. The maximum atomic E-state index is 4.56. The molecule has 2 aliphatic rings. The summed E-state index contributed by atoms with van der Waals surface area (Å²) >= 11 is 0. The fraction of sp³-hybridized carbons (Fsp3) is 0.875. The van der Waals surface area contributed by atoms with Gasteiger partial charge in [0.05, 0.1) is 6.04 Å². The summed E-state index contributed by atoms with van der Waals surface area (Å²) in [6, 6.07) is 0.402. The number of aryl methyl sites for hydroxylation is 1. The standard InChI is InChI=1S/C16H29N5/c1-13-17-15(19-18-13)14-8-7-9-20(14)12-16(2,3)21-10-5-4-6-11-21/h14H,4-12H2,1-3H3,(H,17,18,19)/t14-/m1/s1. The van der Waals surface area contributed by atoms with E-state index in [-0.39, 0.29) is 5.54 Å². The number of hydrogen-bond acceptors (Lipinski definition) is 4. The van der Waals surface area contributed by atoms with Gasteiger partial charge in [0, 0.05) is 12.1 Å². The van der Waals surface area contributed by atoms with E-state index in [1.165, 1.54) is 51.7 Å². The first-order chi connectivity index (χ1) is 10.1. The van der Waals surface area contributed by atoms with E-state index in [2.05, 4.69) is 38.8 Å². The van der Waals surface area contributed by atoms with Crippen LogP contribution in [0.25, 0.3) is 0 Å². The third-order valence-corrected chi connectivity index (χ3v) is 5.08. The molecule has 3 heterocycles. The highest BCUT2D eigenvalue weighted by molar-refractivity contribution is 5.01. The number of aromatic amines is 1. The number of hydrogen-bond donors (Lipinski definition) is 1. The quantitative estimate of drug-likeness (QED) is 0.926. The van der Waals surface area contributed by atoms with E-state index in [0.717, 1.165) is 18.2 Å². The summed E-state index contributed by atoms with van der Waals surface area (Å²) in [6.45, 7) is 11.6. The number of aromatic nitrogens is 3. The van der Waals surface area contributed by atoms with E-state index in [4.69, 9.17) is 0 Å². The molecular formula is C16H29N5. The molecule has 2 aliphatic heterocycles. The molecule has 0 radical (unpaired) electrons. The first-order valence-electron chi connectivity index (χ1n) is 8.44. The number of piperidine rings is 1. The molecule has 0 aromatic carbocycles. The summed E-state index contributed by atoms with van der Waals surface area (Å²) in [4.78, 5) is 9.83. The lowest BCUT2D eigenvalue weighted by Crippen LogP contribution is -2.53. The van der Waals surface area contributed by atoms with Crippen LogP contribution in [0.5, 0.6) is 0 Å². The van der Waals surface area contributed by atoms with Crippen molar-refractivity contribution in [3.8, 4) is 0 Å². The van der Waals surface area contributed by atoms with E-state index in [9.17, 15) is 0 Å². The molecule has 21 heavy (non-hydrogen) atoms. The van der Waals surface area contributed by atoms with Crippen molar-refractivity contribution in [2.45, 2.75) is 64.5 Å². The second-order valence-electron chi connectivity index (χ2n) is 7.27. The minimum absolute atomic E-state index is 0.244. The summed E-state index contributed by atoms with van der Waals surface area (Å²) in [6.07, 6.45) is 6.55. The highest BCUT2D eigenvalue weighted by atomic mass is 15.3. The van der Waals surface area contributed by atoms with E-state index in [0.29, 0.717) is 6.04 Å². The minimum atomic E-state index is 0.244. The molecule has 0 spiro atoms. The maximum Gasteiger partial charge on any atom is 0.167 e. The Morgan fingerprint density at radius 3 is 2.57 bits per heavy atom. The average molecular weight is 291 g/mol. The Labute approximate surface area is 128 Å². The maximum absolute atomic E-state index is 4.56. The first kappa shape index (κ1) is 15.0. The molecule has 0 saturated carbocycles. The van der Waals surface area contributed by atoms with Gasteiger partial charge in [-0.15, -0.1) is 0 Å². The lowest BCUT2D eigenvalue weighted by molar-refractivity contribution is 0.0522. The van der Waals surface area contributed by atoms with E-state index >= 15 is 0 Å². The monoisotopic (exact) mass is 291 g/mol. The highest BCUT2D eigenvalue weighted by Crippen LogP contribution is 2.32. The molecule has 0 bridgehead atoms. The van der Waals surface area contributed by atoms with Crippen molar-refractivity contribution in [1.29, 1.82) is 0 Å². The number of likely N-dealkylation sites (tertiary alicyclic amines) is 2. The second-order valence-corrected chi connectivity index (χ2v) is 7.27. The fourth-order valence-electron chi connectivity index (χ4n) is 3.91. The van der Waals surface area contributed by atoms with Crippen LogP contribution in [0, 0.1) is 6.92 Å². The lowest BCUT2D eigenvalue weighted by Gasteiger charge is -2.44.